The molecule has 0 bridgehead atoms. The second kappa shape index (κ2) is 9.41. The first-order valence-electron chi connectivity index (χ1n) is 10.3. The van der Waals surface area contributed by atoms with Crippen LogP contribution in [-0.2, 0) is 21.4 Å². The number of carbonyl (C=O) groups excluding carboxylic acids is 1. The zero-order chi connectivity index (χ0) is 23.4. The predicted octanol–water partition coefficient (Wildman–Crippen LogP) is 3.24. The number of ether oxygens (including phenoxy) is 3. The predicted molar refractivity (Wildman–Crippen MR) is 123 cm³/mol. The number of carbonyl (C=O) groups is 1. The lowest BCUT2D eigenvalue weighted by atomic mass is 10.2. The Morgan fingerprint density at radius 2 is 1.76 bits per heavy atom. The highest BCUT2D eigenvalue weighted by atomic mass is 32.2. The summed E-state index contributed by atoms with van der Waals surface area (Å²) in [5.74, 6) is 1.14. The maximum Gasteiger partial charge on any atom is 0.264 e. The molecular weight excluding hydrogens is 444 g/mol. The molecule has 0 aliphatic carbocycles. The van der Waals surface area contributed by atoms with Crippen molar-refractivity contribution in [3.63, 3.8) is 0 Å². The third-order valence-corrected chi connectivity index (χ3v) is 6.95. The van der Waals surface area contributed by atoms with E-state index >= 15 is 0 Å². The molecule has 8 nitrogen and oxygen atoms in total. The zero-order valence-corrected chi connectivity index (χ0v) is 19.1. The van der Waals surface area contributed by atoms with Crippen molar-refractivity contribution in [3.05, 3.63) is 77.9 Å². The topological polar surface area (TPSA) is 94.2 Å². The Hall–Kier alpha value is -3.72. The van der Waals surface area contributed by atoms with Crippen molar-refractivity contribution in [2.45, 2.75) is 18.4 Å². The molecule has 0 fully saturated rings. The van der Waals surface area contributed by atoms with Crippen molar-refractivity contribution in [2.24, 2.45) is 0 Å². The van der Waals surface area contributed by atoms with Crippen LogP contribution in [0.4, 0.5) is 5.69 Å². The number of para-hydroxylation sites is 2. The molecule has 0 aromatic heterocycles. The first-order valence-corrected chi connectivity index (χ1v) is 11.7. The van der Waals surface area contributed by atoms with Gasteiger partial charge in [-0.05, 0) is 48.9 Å². The van der Waals surface area contributed by atoms with Gasteiger partial charge in [0, 0.05) is 6.54 Å². The van der Waals surface area contributed by atoms with E-state index in [0.717, 1.165) is 15.4 Å². The minimum atomic E-state index is -4.03. The third-order valence-electron chi connectivity index (χ3n) is 5.18. The largest absolute Gasteiger partial charge is 0.495 e. The Morgan fingerprint density at radius 3 is 2.52 bits per heavy atom. The molecule has 0 atom stereocenters. The monoisotopic (exact) mass is 468 g/mol. The van der Waals surface area contributed by atoms with Crippen molar-refractivity contribution < 1.29 is 27.4 Å². The summed E-state index contributed by atoms with van der Waals surface area (Å²) in [7, 11) is -2.58. The van der Waals surface area contributed by atoms with Gasteiger partial charge >= 0.3 is 0 Å². The molecule has 0 radical (unpaired) electrons. The van der Waals surface area contributed by atoms with Crippen LogP contribution in [0.25, 0.3) is 0 Å². The molecule has 0 spiro atoms. The van der Waals surface area contributed by atoms with Crippen molar-refractivity contribution in [2.75, 3.05) is 24.8 Å². The van der Waals surface area contributed by atoms with Crippen molar-refractivity contribution >= 4 is 21.6 Å². The molecule has 1 aliphatic heterocycles. The summed E-state index contributed by atoms with van der Waals surface area (Å²) in [5, 5.41) is 2.78. The molecule has 172 valence electrons. The fourth-order valence-electron chi connectivity index (χ4n) is 3.41. The number of nitrogens with one attached hydrogen (secondary N) is 1. The number of anilines is 1. The van der Waals surface area contributed by atoms with Gasteiger partial charge in [-0.25, -0.2) is 8.42 Å². The molecule has 33 heavy (non-hydrogen) atoms. The van der Waals surface area contributed by atoms with Gasteiger partial charge in [0.2, 0.25) is 12.7 Å². The van der Waals surface area contributed by atoms with Crippen molar-refractivity contribution in [1.82, 2.24) is 5.32 Å². The van der Waals surface area contributed by atoms with Gasteiger partial charge in [-0.1, -0.05) is 35.9 Å². The van der Waals surface area contributed by atoms with Crippen LogP contribution in [0.1, 0.15) is 11.1 Å². The van der Waals surface area contributed by atoms with E-state index in [1.165, 1.54) is 19.2 Å². The Balaban J connectivity index is 1.58. The second-order valence-electron chi connectivity index (χ2n) is 7.46. The normalized spacial score (nSPS) is 12.3. The van der Waals surface area contributed by atoms with E-state index in [-0.39, 0.29) is 23.9 Å². The summed E-state index contributed by atoms with van der Waals surface area (Å²) in [5.41, 5.74) is 2.01. The van der Waals surface area contributed by atoms with E-state index in [4.69, 9.17) is 14.2 Å². The fraction of sp³-hybridized carbons (Fsp3) is 0.208. The first kappa shape index (κ1) is 22.5. The number of nitrogens with zero attached hydrogens (tertiary/aromatic N) is 1. The molecule has 1 N–H and O–H groups in total. The van der Waals surface area contributed by atoms with Crippen LogP contribution < -0.4 is 23.8 Å². The van der Waals surface area contributed by atoms with Crippen LogP contribution in [0.2, 0.25) is 0 Å². The van der Waals surface area contributed by atoms with Crippen LogP contribution in [0, 0.1) is 6.92 Å². The van der Waals surface area contributed by atoms with Crippen LogP contribution in [0.5, 0.6) is 17.2 Å². The fourth-order valence-corrected chi connectivity index (χ4v) is 4.84. The van der Waals surface area contributed by atoms with Crippen LogP contribution in [0.15, 0.2) is 71.6 Å². The van der Waals surface area contributed by atoms with Crippen LogP contribution in [-0.4, -0.2) is 34.8 Å². The molecule has 1 heterocycles. The lowest BCUT2D eigenvalue weighted by molar-refractivity contribution is -0.119. The Kier molecular flexibility index (Phi) is 6.41. The second-order valence-corrected chi connectivity index (χ2v) is 9.32. The molecule has 0 saturated carbocycles. The molecule has 0 unspecified atom stereocenters. The molecule has 0 saturated heterocycles. The van der Waals surface area contributed by atoms with Gasteiger partial charge in [-0.2, -0.15) is 0 Å². The van der Waals surface area contributed by atoms with Crippen LogP contribution in [0.3, 0.4) is 0 Å². The van der Waals surface area contributed by atoms with E-state index in [1.807, 2.05) is 13.0 Å². The molecule has 4 rings (SSSR count). The standard InChI is InChI=1S/C24H24N2O6S/c1-17-7-10-19(11-8-17)33(28,29)26(20-5-3-4-6-21(20)30-2)15-24(27)25-14-18-9-12-22-23(13-18)32-16-31-22/h3-13H,14-16H2,1-2H3,(H,25,27). The molecular formula is C24H24N2O6S. The summed E-state index contributed by atoms with van der Waals surface area (Å²) >= 11 is 0. The van der Waals surface area contributed by atoms with E-state index in [0.29, 0.717) is 17.2 Å². The van der Waals surface area contributed by atoms with E-state index in [2.05, 4.69) is 5.32 Å². The van der Waals surface area contributed by atoms with E-state index in [9.17, 15) is 13.2 Å². The number of sulfonamides is 1. The molecule has 3 aromatic carbocycles. The number of hydrogen-bond donors (Lipinski definition) is 1. The average Bonchev–Trinajstić information content (AvgIpc) is 3.29. The minimum absolute atomic E-state index is 0.0857. The molecule has 1 amide bonds. The van der Waals surface area contributed by atoms with E-state index < -0.39 is 22.5 Å². The summed E-state index contributed by atoms with van der Waals surface area (Å²) in [4.78, 5) is 12.9. The maximum atomic E-state index is 13.5. The number of rotatable bonds is 8. The summed E-state index contributed by atoms with van der Waals surface area (Å²) in [6, 6.07) is 18.5. The Labute approximate surface area is 192 Å². The summed E-state index contributed by atoms with van der Waals surface area (Å²) in [6.45, 7) is 1.83. The smallest absolute Gasteiger partial charge is 0.264 e. The summed E-state index contributed by atoms with van der Waals surface area (Å²) in [6.07, 6.45) is 0. The number of aryl methyl sites for hydroxylation is 1. The van der Waals surface area contributed by atoms with Gasteiger partial charge in [-0.15, -0.1) is 0 Å². The maximum absolute atomic E-state index is 13.5. The lowest BCUT2D eigenvalue weighted by Gasteiger charge is -2.25. The molecule has 9 heteroatoms. The minimum Gasteiger partial charge on any atom is -0.495 e. The number of amides is 1. The number of methoxy groups -OCH3 is 1. The zero-order valence-electron chi connectivity index (χ0n) is 18.3. The number of hydrogen-bond acceptors (Lipinski definition) is 6. The SMILES string of the molecule is COc1ccccc1N(CC(=O)NCc1ccc2c(c1)OCO2)S(=O)(=O)c1ccc(C)cc1. The summed E-state index contributed by atoms with van der Waals surface area (Å²) < 4.78 is 44.1. The highest BCUT2D eigenvalue weighted by molar-refractivity contribution is 7.92. The van der Waals surface area contributed by atoms with Crippen molar-refractivity contribution in [3.8, 4) is 17.2 Å². The van der Waals surface area contributed by atoms with Gasteiger partial charge in [-0.3, -0.25) is 9.10 Å². The van der Waals surface area contributed by atoms with Crippen LogP contribution >= 0.6 is 0 Å². The Morgan fingerprint density at radius 1 is 1.03 bits per heavy atom. The van der Waals surface area contributed by atoms with Gasteiger partial charge in [0.05, 0.1) is 17.7 Å². The highest BCUT2D eigenvalue weighted by Gasteiger charge is 2.29. The quantitative estimate of drug-likeness (QED) is 0.546. The Bertz CT molecular complexity index is 1260. The van der Waals surface area contributed by atoms with Gasteiger partial charge in [0.15, 0.2) is 11.5 Å². The molecule has 3 aromatic rings. The lowest BCUT2D eigenvalue weighted by Crippen LogP contribution is -2.40. The highest BCUT2D eigenvalue weighted by Crippen LogP contribution is 2.33. The van der Waals surface area contributed by atoms with Gasteiger partial charge in [0.1, 0.15) is 12.3 Å². The van der Waals surface area contributed by atoms with Crippen molar-refractivity contribution in [1.29, 1.82) is 0 Å². The number of benzene rings is 3. The first-order chi connectivity index (χ1) is 15.9. The van der Waals surface area contributed by atoms with E-state index in [1.54, 1.807) is 48.5 Å². The molecule has 1 aliphatic rings. The third kappa shape index (κ3) is 4.88. The number of fused-ring (bicyclic) bond motifs is 1. The van der Waals surface area contributed by atoms with Gasteiger partial charge in [0.25, 0.3) is 10.0 Å². The average molecular weight is 469 g/mol. The van der Waals surface area contributed by atoms with Gasteiger partial charge < -0.3 is 19.5 Å².